The number of nitro benzene ring substituents is 1. The quantitative estimate of drug-likeness (QED) is 0.613. The molecule has 0 aromatic heterocycles. The average molecular weight is 297 g/mol. The lowest BCUT2D eigenvalue weighted by atomic mass is 10.2. The van der Waals surface area contributed by atoms with E-state index in [9.17, 15) is 19.7 Å². The fraction of sp³-hybridized carbons (Fsp3) is 0.333. The Hall–Kier alpha value is -2.84. The number of nitrogens with one attached hydrogen (secondary N) is 2. The normalized spacial score (nSPS) is 11.2. The van der Waals surface area contributed by atoms with Gasteiger partial charge < -0.3 is 14.8 Å². The number of amides is 3. The Morgan fingerprint density at radius 1 is 1.38 bits per heavy atom. The lowest BCUT2D eigenvalue weighted by molar-refractivity contribution is -0.386. The van der Waals surface area contributed by atoms with E-state index in [0.717, 1.165) is 0 Å². The van der Waals surface area contributed by atoms with Gasteiger partial charge in [-0.3, -0.25) is 20.2 Å². The van der Waals surface area contributed by atoms with Crippen LogP contribution in [0.4, 0.5) is 10.5 Å². The number of hydrogen-bond donors (Lipinski definition) is 2. The second-order valence-electron chi connectivity index (χ2n) is 3.92. The SMILES string of the molecule is CNC(=O)NC(=O)[C@H](C)Oc1ccc(OC)cc1[N+](=O)[O-]. The number of hydrogen-bond acceptors (Lipinski definition) is 6. The third-order valence-corrected chi connectivity index (χ3v) is 2.50. The first-order chi connectivity index (χ1) is 9.88. The van der Waals surface area contributed by atoms with Crippen molar-refractivity contribution in [2.75, 3.05) is 14.2 Å². The molecule has 9 nitrogen and oxygen atoms in total. The van der Waals surface area contributed by atoms with E-state index in [0.29, 0.717) is 0 Å². The number of nitrogens with zero attached hydrogens (tertiary/aromatic N) is 1. The highest BCUT2D eigenvalue weighted by Gasteiger charge is 2.22. The molecule has 1 rings (SSSR count). The Morgan fingerprint density at radius 2 is 2.05 bits per heavy atom. The largest absolute Gasteiger partial charge is 0.496 e. The summed E-state index contributed by atoms with van der Waals surface area (Å²) in [5, 5.41) is 15.2. The third-order valence-electron chi connectivity index (χ3n) is 2.50. The Kier molecular flexibility index (Phi) is 5.47. The van der Waals surface area contributed by atoms with Crippen LogP contribution in [0.1, 0.15) is 6.92 Å². The number of carbonyl (C=O) groups excluding carboxylic acids is 2. The summed E-state index contributed by atoms with van der Waals surface area (Å²) in [7, 11) is 2.72. The molecule has 21 heavy (non-hydrogen) atoms. The number of imide groups is 1. The minimum absolute atomic E-state index is 0.0969. The zero-order valence-corrected chi connectivity index (χ0v) is 11.7. The topological polar surface area (TPSA) is 120 Å². The first-order valence-electron chi connectivity index (χ1n) is 5.90. The molecule has 0 spiro atoms. The van der Waals surface area contributed by atoms with Crippen molar-refractivity contribution >= 4 is 17.6 Å². The summed E-state index contributed by atoms with van der Waals surface area (Å²) in [6.45, 7) is 1.37. The smallest absolute Gasteiger partial charge is 0.321 e. The summed E-state index contributed by atoms with van der Waals surface area (Å²) in [6, 6.07) is 3.27. The second kappa shape index (κ2) is 7.08. The van der Waals surface area contributed by atoms with Gasteiger partial charge in [-0.25, -0.2) is 4.79 Å². The van der Waals surface area contributed by atoms with Crippen LogP contribution in [0, 0.1) is 10.1 Å². The molecule has 0 bridgehead atoms. The van der Waals surface area contributed by atoms with Crippen LogP contribution in [0.15, 0.2) is 18.2 Å². The van der Waals surface area contributed by atoms with Crippen molar-refractivity contribution in [3.05, 3.63) is 28.3 Å². The van der Waals surface area contributed by atoms with Gasteiger partial charge in [0.1, 0.15) is 5.75 Å². The third kappa shape index (κ3) is 4.34. The zero-order valence-electron chi connectivity index (χ0n) is 11.7. The number of methoxy groups -OCH3 is 1. The molecule has 0 unspecified atom stereocenters. The average Bonchev–Trinajstić information content (AvgIpc) is 2.46. The lowest BCUT2D eigenvalue weighted by Crippen LogP contribution is -2.44. The highest BCUT2D eigenvalue weighted by Crippen LogP contribution is 2.31. The fourth-order valence-corrected chi connectivity index (χ4v) is 1.39. The molecule has 1 aromatic carbocycles. The van der Waals surface area contributed by atoms with Crippen LogP contribution < -0.4 is 20.1 Å². The molecule has 114 valence electrons. The van der Waals surface area contributed by atoms with Crippen molar-refractivity contribution in [3.8, 4) is 11.5 Å². The van der Waals surface area contributed by atoms with Gasteiger partial charge in [-0.2, -0.15) is 0 Å². The molecular weight excluding hydrogens is 282 g/mol. The monoisotopic (exact) mass is 297 g/mol. The molecule has 0 radical (unpaired) electrons. The standard InChI is InChI=1S/C12H15N3O6/c1-7(11(16)14-12(17)13-2)21-10-5-4-8(20-3)6-9(10)15(18)19/h4-7H,1-3H3,(H2,13,14,16,17)/t7-/m0/s1. The van der Waals surface area contributed by atoms with E-state index in [4.69, 9.17) is 9.47 Å². The van der Waals surface area contributed by atoms with Gasteiger partial charge in [0.15, 0.2) is 11.9 Å². The van der Waals surface area contributed by atoms with Crippen LogP contribution in [-0.4, -0.2) is 37.1 Å². The van der Waals surface area contributed by atoms with Crippen molar-refractivity contribution < 1.29 is 24.0 Å². The van der Waals surface area contributed by atoms with E-state index in [1.807, 2.05) is 5.32 Å². The second-order valence-corrected chi connectivity index (χ2v) is 3.92. The maximum atomic E-state index is 11.6. The summed E-state index contributed by atoms with van der Waals surface area (Å²) >= 11 is 0. The van der Waals surface area contributed by atoms with E-state index < -0.39 is 23.0 Å². The van der Waals surface area contributed by atoms with Gasteiger partial charge in [0, 0.05) is 7.05 Å². The molecule has 2 N–H and O–H groups in total. The van der Waals surface area contributed by atoms with Gasteiger partial charge in [0.2, 0.25) is 0 Å². The molecule has 9 heteroatoms. The Labute approximate surface area is 120 Å². The van der Waals surface area contributed by atoms with Crippen LogP contribution in [0.2, 0.25) is 0 Å². The molecule has 0 aliphatic carbocycles. The maximum absolute atomic E-state index is 11.6. The van der Waals surface area contributed by atoms with E-state index in [1.54, 1.807) is 0 Å². The van der Waals surface area contributed by atoms with E-state index in [1.165, 1.54) is 39.3 Å². The first kappa shape index (κ1) is 16.2. The number of urea groups is 1. The zero-order chi connectivity index (χ0) is 16.0. The summed E-state index contributed by atoms with van der Waals surface area (Å²) < 4.78 is 10.1. The van der Waals surface area contributed by atoms with E-state index in [2.05, 4.69) is 5.32 Å². The molecular formula is C12H15N3O6. The molecule has 1 atom stereocenters. The first-order valence-corrected chi connectivity index (χ1v) is 5.90. The number of ether oxygens (including phenoxy) is 2. The highest BCUT2D eigenvalue weighted by atomic mass is 16.6. The number of benzene rings is 1. The molecule has 0 heterocycles. The highest BCUT2D eigenvalue weighted by molar-refractivity contribution is 5.96. The number of nitro groups is 1. The molecule has 1 aromatic rings. The van der Waals surface area contributed by atoms with Crippen LogP contribution in [0.5, 0.6) is 11.5 Å². The number of carbonyl (C=O) groups is 2. The van der Waals surface area contributed by atoms with Gasteiger partial charge in [0.25, 0.3) is 5.91 Å². The summed E-state index contributed by atoms with van der Waals surface area (Å²) in [5.74, 6) is -0.531. The molecule has 0 saturated carbocycles. The number of rotatable bonds is 5. The van der Waals surface area contributed by atoms with Crippen LogP contribution in [-0.2, 0) is 4.79 Å². The predicted octanol–water partition coefficient (Wildman–Crippen LogP) is 0.826. The van der Waals surface area contributed by atoms with Crippen molar-refractivity contribution in [3.63, 3.8) is 0 Å². The van der Waals surface area contributed by atoms with Gasteiger partial charge in [-0.15, -0.1) is 0 Å². The van der Waals surface area contributed by atoms with Crippen molar-refractivity contribution in [1.29, 1.82) is 0 Å². The molecule has 0 fully saturated rings. The Bertz CT molecular complexity index is 560. The van der Waals surface area contributed by atoms with E-state index >= 15 is 0 Å². The van der Waals surface area contributed by atoms with Crippen LogP contribution >= 0.6 is 0 Å². The van der Waals surface area contributed by atoms with Crippen molar-refractivity contribution in [2.24, 2.45) is 0 Å². The van der Waals surface area contributed by atoms with Crippen molar-refractivity contribution in [1.82, 2.24) is 10.6 Å². The minimum Gasteiger partial charge on any atom is -0.496 e. The van der Waals surface area contributed by atoms with Crippen LogP contribution in [0.3, 0.4) is 0 Å². The molecule has 0 aliphatic heterocycles. The molecule has 0 aliphatic rings. The van der Waals surface area contributed by atoms with Gasteiger partial charge in [-0.1, -0.05) is 0 Å². The van der Waals surface area contributed by atoms with Gasteiger partial charge in [-0.05, 0) is 19.1 Å². The molecule has 3 amide bonds. The molecule has 0 saturated heterocycles. The van der Waals surface area contributed by atoms with Gasteiger partial charge in [0.05, 0.1) is 18.1 Å². The Morgan fingerprint density at radius 3 is 2.57 bits per heavy atom. The minimum atomic E-state index is -1.09. The van der Waals surface area contributed by atoms with E-state index in [-0.39, 0.29) is 17.2 Å². The summed E-state index contributed by atoms with van der Waals surface area (Å²) in [4.78, 5) is 33.0. The maximum Gasteiger partial charge on any atom is 0.321 e. The fourth-order valence-electron chi connectivity index (χ4n) is 1.39. The predicted molar refractivity (Wildman–Crippen MR) is 72.3 cm³/mol. The van der Waals surface area contributed by atoms with Crippen molar-refractivity contribution in [2.45, 2.75) is 13.0 Å². The van der Waals surface area contributed by atoms with Gasteiger partial charge >= 0.3 is 11.7 Å². The van der Waals surface area contributed by atoms with Crippen LogP contribution in [0.25, 0.3) is 0 Å². The Balaban J connectivity index is 2.89. The lowest BCUT2D eigenvalue weighted by Gasteiger charge is -2.14. The summed E-state index contributed by atoms with van der Waals surface area (Å²) in [6.07, 6.45) is -1.09. The summed E-state index contributed by atoms with van der Waals surface area (Å²) in [5.41, 5.74) is -0.339.